The molecule has 0 unspecified atom stereocenters. The zero-order valence-corrected chi connectivity index (χ0v) is 21.3. The van der Waals surface area contributed by atoms with E-state index in [1.54, 1.807) is 6.07 Å². The van der Waals surface area contributed by atoms with E-state index in [0.29, 0.717) is 15.8 Å². The summed E-state index contributed by atoms with van der Waals surface area (Å²) in [4.78, 5) is 13.4. The SMILES string of the molecule is CC[C@H]1C(C(=O)NC2CCCCCC2)=NN(c2ccc(Cl)cc2Cl)[C@H]1c1ccc(Br)cc1. The minimum absolute atomic E-state index is 0.0475. The Balaban J connectivity index is 1.70. The molecule has 7 heteroatoms. The van der Waals surface area contributed by atoms with Crippen molar-refractivity contribution in [3.8, 4) is 0 Å². The van der Waals surface area contributed by atoms with Gasteiger partial charge in [-0.1, -0.05) is 83.9 Å². The Kier molecular flexibility index (Phi) is 7.80. The van der Waals surface area contributed by atoms with Crippen molar-refractivity contribution in [2.24, 2.45) is 11.0 Å². The van der Waals surface area contributed by atoms with Crippen LogP contribution in [0.2, 0.25) is 10.0 Å². The number of rotatable bonds is 5. The van der Waals surface area contributed by atoms with Gasteiger partial charge in [0.25, 0.3) is 5.91 Å². The molecule has 1 aliphatic heterocycles. The highest BCUT2D eigenvalue weighted by Crippen LogP contribution is 2.43. The van der Waals surface area contributed by atoms with Crippen LogP contribution in [0.25, 0.3) is 0 Å². The molecule has 2 atom stereocenters. The van der Waals surface area contributed by atoms with E-state index in [1.165, 1.54) is 25.7 Å². The minimum atomic E-state index is -0.123. The number of hydrogen-bond donors (Lipinski definition) is 1. The molecule has 1 heterocycles. The summed E-state index contributed by atoms with van der Waals surface area (Å²) in [5, 5.41) is 11.1. The van der Waals surface area contributed by atoms with Crippen LogP contribution in [0.3, 0.4) is 0 Å². The first kappa shape index (κ1) is 23.6. The average Bonchev–Trinajstić information content (AvgIpc) is 2.96. The fraction of sp³-hybridized carbons (Fsp3) is 0.440. The van der Waals surface area contributed by atoms with Gasteiger partial charge in [-0.15, -0.1) is 0 Å². The van der Waals surface area contributed by atoms with Crippen LogP contribution in [0.5, 0.6) is 0 Å². The van der Waals surface area contributed by atoms with Gasteiger partial charge in [-0.3, -0.25) is 9.80 Å². The van der Waals surface area contributed by atoms with Crippen molar-refractivity contribution in [2.75, 3.05) is 5.01 Å². The monoisotopic (exact) mass is 535 g/mol. The predicted octanol–water partition coefficient (Wildman–Crippen LogP) is 7.54. The number of nitrogens with zero attached hydrogens (tertiary/aromatic N) is 2. The van der Waals surface area contributed by atoms with E-state index in [4.69, 9.17) is 28.3 Å². The number of hydrazone groups is 1. The van der Waals surface area contributed by atoms with Gasteiger partial charge in [0.05, 0.1) is 16.8 Å². The normalized spacial score (nSPS) is 21.9. The minimum Gasteiger partial charge on any atom is -0.348 e. The second kappa shape index (κ2) is 10.6. The molecule has 170 valence electrons. The molecule has 0 aromatic heterocycles. The van der Waals surface area contributed by atoms with Crippen molar-refractivity contribution in [1.82, 2.24) is 5.32 Å². The summed E-state index contributed by atoms with van der Waals surface area (Å²) in [5.41, 5.74) is 2.42. The molecule has 1 fully saturated rings. The zero-order valence-electron chi connectivity index (χ0n) is 18.2. The fourth-order valence-electron chi connectivity index (χ4n) is 4.79. The van der Waals surface area contributed by atoms with E-state index in [0.717, 1.165) is 35.0 Å². The quantitative estimate of drug-likeness (QED) is 0.401. The average molecular weight is 537 g/mol. The van der Waals surface area contributed by atoms with E-state index < -0.39 is 0 Å². The summed E-state index contributed by atoms with van der Waals surface area (Å²) in [5.74, 6) is -0.104. The lowest BCUT2D eigenvalue weighted by molar-refractivity contribution is -0.115. The molecule has 1 amide bonds. The number of hydrogen-bond acceptors (Lipinski definition) is 3. The van der Waals surface area contributed by atoms with Crippen LogP contribution >= 0.6 is 39.1 Å². The number of nitrogens with one attached hydrogen (secondary N) is 1. The third-order valence-electron chi connectivity index (χ3n) is 6.44. The maximum Gasteiger partial charge on any atom is 0.268 e. The molecule has 0 bridgehead atoms. The van der Waals surface area contributed by atoms with Crippen LogP contribution in [0.1, 0.15) is 63.5 Å². The van der Waals surface area contributed by atoms with Crippen molar-refractivity contribution < 1.29 is 4.79 Å². The van der Waals surface area contributed by atoms with Crippen LogP contribution < -0.4 is 10.3 Å². The highest BCUT2D eigenvalue weighted by atomic mass is 79.9. The fourth-order valence-corrected chi connectivity index (χ4v) is 5.55. The second-order valence-electron chi connectivity index (χ2n) is 8.60. The molecule has 4 nitrogen and oxygen atoms in total. The van der Waals surface area contributed by atoms with Crippen LogP contribution in [0.15, 0.2) is 52.0 Å². The molecule has 0 saturated heterocycles. The smallest absolute Gasteiger partial charge is 0.268 e. The lowest BCUT2D eigenvalue weighted by Crippen LogP contribution is -2.41. The summed E-state index contributed by atoms with van der Waals surface area (Å²) < 4.78 is 1.01. The van der Waals surface area contributed by atoms with Crippen LogP contribution in [0, 0.1) is 5.92 Å². The third kappa shape index (κ3) is 5.16. The van der Waals surface area contributed by atoms with Crippen molar-refractivity contribution in [3.63, 3.8) is 0 Å². The Morgan fingerprint density at radius 2 is 1.78 bits per heavy atom. The summed E-state index contributed by atoms with van der Waals surface area (Å²) in [6.45, 7) is 2.11. The Labute approximate surface area is 208 Å². The summed E-state index contributed by atoms with van der Waals surface area (Å²) in [6, 6.07) is 13.7. The molecule has 32 heavy (non-hydrogen) atoms. The van der Waals surface area contributed by atoms with E-state index in [-0.39, 0.29) is 23.9 Å². The molecule has 0 spiro atoms. The van der Waals surface area contributed by atoms with Gasteiger partial charge in [-0.25, -0.2) is 0 Å². The Morgan fingerprint density at radius 3 is 2.41 bits per heavy atom. The number of halogens is 3. The number of benzene rings is 2. The highest BCUT2D eigenvalue weighted by molar-refractivity contribution is 9.10. The first-order valence-corrected chi connectivity index (χ1v) is 12.9. The first-order valence-electron chi connectivity index (χ1n) is 11.4. The van der Waals surface area contributed by atoms with Gasteiger partial charge in [0.15, 0.2) is 0 Å². The van der Waals surface area contributed by atoms with Crippen LogP contribution in [-0.4, -0.2) is 17.7 Å². The molecule has 2 aliphatic rings. The van der Waals surface area contributed by atoms with Gasteiger partial charge in [-0.05, 0) is 55.2 Å². The van der Waals surface area contributed by atoms with E-state index >= 15 is 0 Å². The lowest BCUT2D eigenvalue weighted by atomic mass is 9.87. The summed E-state index contributed by atoms with van der Waals surface area (Å²) in [6.07, 6.45) is 7.71. The van der Waals surface area contributed by atoms with Gasteiger partial charge < -0.3 is 5.32 Å². The molecule has 2 aromatic carbocycles. The van der Waals surface area contributed by atoms with E-state index in [9.17, 15) is 4.79 Å². The van der Waals surface area contributed by atoms with Crippen LogP contribution in [0.4, 0.5) is 5.69 Å². The molecular formula is C25H28BrCl2N3O. The van der Waals surface area contributed by atoms with E-state index in [1.807, 2.05) is 29.3 Å². The van der Waals surface area contributed by atoms with Crippen molar-refractivity contribution in [2.45, 2.75) is 64.0 Å². The Bertz CT molecular complexity index is 987. The molecule has 0 radical (unpaired) electrons. The second-order valence-corrected chi connectivity index (χ2v) is 10.4. The van der Waals surface area contributed by atoms with Crippen molar-refractivity contribution >= 4 is 56.4 Å². The molecule has 1 N–H and O–H groups in total. The number of anilines is 1. The van der Waals surface area contributed by atoms with Gasteiger partial charge in [0.1, 0.15) is 5.71 Å². The molecule has 1 saturated carbocycles. The van der Waals surface area contributed by atoms with Gasteiger partial charge in [0.2, 0.25) is 0 Å². The molecule has 4 rings (SSSR count). The largest absolute Gasteiger partial charge is 0.348 e. The van der Waals surface area contributed by atoms with Gasteiger partial charge >= 0.3 is 0 Å². The first-order chi connectivity index (χ1) is 15.5. The zero-order chi connectivity index (χ0) is 22.7. The standard InChI is InChI=1S/C25H28BrCl2N3O/c1-2-20-23(25(32)29-19-7-5-3-4-6-8-19)30-31(22-14-13-18(27)15-21(22)28)24(20)16-9-11-17(26)12-10-16/h9-15,19-20,24H,2-8H2,1H3,(H,29,32)/t20-,24-/m0/s1. The van der Waals surface area contributed by atoms with E-state index in [2.05, 4.69) is 40.3 Å². The maximum absolute atomic E-state index is 13.4. The van der Waals surface area contributed by atoms with Crippen molar-refractivity contribution in [3.05, 3.63) is 62.5 Å². The van der Waals surface area contributed by atoms with Crippen molar-refractivity contribution in [1.29, 1.82) is 0 Å². The lowest BCUT2D eigenvalue weighted by Gasteiger charge is -2.29. The topological polar surface area (TPSA) is 44.7 Å². The third-order valence-corrected chi connectivity index (χ3v) is 7.51. The number of amides is 1. The Morgan fingerprint density at radius 1 is 1.09 bits per heavy atom. The van der Waals surface area contributed by atoms with Gasteiger partial charge in [0, 0.05) is 21.5 Å². The predicted molar refractivity (Wildman–Crippen MR) is 137 cm³/mol. The Hall–Kier alpha value is -1.56. The number of carbonyl (C=O) groups is 1. The van der Waals surface area contributed by atoms with Crippen LogP contribution in [-0.2, 0) is 4.79 Å². The number of carbonyl (C=O) groups excluding carboxylic acids is 1. The maximum atomic E-state index is 13.4. The summed E-state index contributed by atoms with van der Waals surface area (Å²) >= 11 is 16.2. The molecule has 1 aliphatic carbocycles. The highest BCUT2D eigenvalue weighted by Gasteiger charge is 2.42. The van der Waals surface area contributed by atoms with Gasteiger partial charge in [-0.2, -0.15) is 5.10 Å². The molecule has 2 aromatic rings. The summed E-state index contributed by atoms with van der Waals surface area (Å²) in [7, 11) is 0. The molecular weight excluding hydrogens is 509 g/mol.